The van der Waals surface area contributed by atoms with E-state index in [9.17, 15) is 13.2 Å². The van der Waals surface area contributed by atoms with Gasteiger partial charge in [0.1, 0.15) is 11.4 Å². The minimum atomic E-state index is -3.76. The molecule has 126 valence electrons. The molecule has 0 unspecified atom stereocenters. The summed E-state index contributed by atoms with van der Waals surface area (Å²) in [6.45, 7) is 4.00. The molecule has 2 N–H and O–H groups in total. The lowest BCUT2D eigenvalue weighted by molar-refractivity contribution is -0.118. The van der Waals surface area contributed by atoms with Gasteiger partial charge in [-0.15, -0.1) is 0 Å². The van der Waals surface area contributed by atoms with Crippen LogP contribution >= 0.6 is 0 Å². The second-order valence-electron chi connectivity index (χ2n) is 5.84. The first kappa shape index (κ1) is 16.3. The number of benzene rings is 2. The smallest absolute Gasteiger partial charge is 0.262 e. The Hall–Kier alpha value is -2.54. The van der Waals surface area contributed by atoms with Gasteiger partial charge in [0.15, 0.2) is 6.61 Å². The van der Waals surface area contributed by atoms with E-state index in [1.54, 1.807) is 42.5 Å². The topological polar surface area (TPSA) is 84.5 Å². The van der Waals surface area contributed by atoms with Crippen molar-refractivity contribution in [3.63, 3.8) is 0 Å². The van der Waals surface area contributed by atoms with Crippen molar-refractivity contribution in [3.8, 4) is 5.75 Å². The van der Waals surface area contributed by atoms with Gasteiger partial charge < -0.3 is 10.1 Å². The molecule has 0 saturated heterocycles. The van der Waals surface area contributed by atoms with Gasteiger partial charge >= 0.3 is 0 Å². The van der Waals surface area contributed by atoms with Gasteiger partial charge in [-0.25, -0.2) is 8.42 Å². The molecular weight excluding hydrogens is 328 g/mol. The van der Waals surface area contributed by atoms with Crippen LogP contribution < -0.4 is 14.8 Å². The number of ether oxygens (including phenoxy) is 1. The summed E-state index contributed by atoms with van der Waals surface area (Å²) in [7, 11) is -3.76. The molecule has 1 aliphatic heterocycles. The number of rotatable bonds is 4. The summed E-state index contributed by atoms with van der Waals surface area (Å²) in [5.74, 6) is 0.434. The van der Waals surface area contributed by atoms with E-state index in [0.717, 1.165) is 5.56 Å². The summed E-state index contributed by atoms with van der Waals surface area (Å²) in [6.07, 6.45) is 0. The zero-order valence-electron chi connectivity index (χ0n) is 13.4. The molecule has 1 aliphatic rings. The summed E-state index contributed by atoms with van der Waals surface area (Å²) < 4.78 is 33.0. The van der Waals surface area contributed by atoms with Crippen LogP contribution in [0.1, 0.15) is 25.3 Å². The maximum atomic E-state index is 12.6. The fourth-order valence-electron chi connectivity index (χ4n) is 2.42. The van der Waals surface area contributed by atoms with Gasteiger partial charge in [0, 0.05) is 0 Å². The van der Waals surface area contributed by atoms with Crippen molar-refractivity contribution in [2.24, 2.45) is 0 Å². The Balaban J connectivity index is 1.91. The largest absolute Gasteiger partial charge is 0.481 e. The number of amides is 1. The number of anilines is 2. The predicted octanol–water partition coefficient (Wildman–Crippen LogP) is 2.94. The molecule has 0 fully saturated rings. The van der Waals surface area contributed by atoms with E-state index in [2.05, 4.69) is 10.0 Å². The lowest BCUT2D eigenvalue weighted by atomic mass is 10.0. The van der Waals surface area contributed by atoms with Gasteiger partial charge in [-0.05, 0) is 35.7 Å². The zero-order valence-corrected chi connectivity index (χ0v) is 14.2. The lowest BCUT2D eigenvalue weighted by Crippen LogP contribution is -2.26. The highest BCUT2D eigenvalue weighted by molar-refractivity contribution is 7.92. The molecule has 0 spiro atoms. The first-order valence-corrected chi connectivity index (χ1v) is 9.03. The van der Waals surface area contributed by atoms with Gasteiger partial charge in [0.05, 0.1) is 10.6 Å². The molecule has 24 heavy (non-hydrogen) atoms. The van der Waals surface area contributed by atoms with E-state index in [1.807, 2.05) is 13.8 Å². The average molecular weight is 346 g/mol. The fourth-order valence-corrected chi connectivity index (χ4v) is 3.49. The Labute approximate surface area is 140 Å². The highest BCUT2D eigenvalue weighted by Crippen LogP contribution is 2.36. The van der Waals surface area contributed by atoms with Crippen molar-refractivity contribution in [2.45, 2.75) is 24.7 Å². The van der Waals surface area contributed by atoms with E-state index in [0.29, 0.717) is 17.4 Å². The molecule has 2 aromatic carbocycles. The van der Waals surface area contributed by atoms with Gasteiger partial charge in [-0.1, -0.05) is 32.0 Å². The predicted molar refractivity (Wildman–Crippen MR) is 91.9 cm³/mol. The molecule has 0 bridgehead atoms. The summed E-state index contributed by atoms with van der Waals surface area (Å²) >= 11 is 0. The Morgan fingerprint density at radius 3 is 2.50 bits per heavy atom. The highest BCUT2D eigenvalue weighted by Gasteiger charge is 2.22. The van der Waals surface area contributed by atoms with Crippen LogP contribution in [0.4, 0.5) is 11.4 Å². The number of nitrogens with one attached hydrogen (secondary N) is 2. The van der Waals surface area contributed by atoms with E-state index in [1.165, 1.54) is 0 Å². The van der Waals surface area contributed by atoms with Crippen molar-refractivity contribution in [1.82, 2.24) is 0 Å². The SMILES string of the molecule is CC(C)c1ccc(S(=O)(=O)Nc2cccc3c2NC(=O)CO3)cc1. The van der Waals surface area contributed by atoms with Gasteiger partial charge in [0.25, 0.3) is 15.9 Å². The Morgan fingerprint density at radius 2 is 1.83 bits per heavy atom. The number of hydrogen-bond donors (Lipinski definition) is 2. The van der Waals surface area contributed by atoms with Crippen molar-refractivity contribution in [1.29, 1.82) is 0 Å². The standard InChI is InChI=1S/C17H18N2O4S/c1-11(2)12-6-8-13(9-7-12)24(21,22)19-14-4-3-5-15-17(14)18-16(20)10-23-15/h3-9,11,19H,10H2,1-2H3,(H,18,20). The molecule has 1 amide bonds. The van der Waals surface area contributed by atoms with Crippen molar-refractivity contribution in [2.75, 3.05) is 16.6 Å². The molecule has 0 atom stereocenters. The second kappa shape index (κ2) is 6.16. The van der Waals surface area contributed by atoms with Crippen LogP contribution in [0.3, 0.4) is 0 Å². The molecule has 0 saturated carbocycles. The maximum absolute atomic E-state index is 12.6. The number of carbonyl (C=O) groups excluding carboxylic acids is 1. The molecule has 0 aliphatic carbocycles. The number of carbonyl (C=O) groups is 1. The Bertz CT molecular complexity index is 874. The van der Waals surface area contributed by atoms with Crippen LogP contribution in [0.5, 0.6) is 5.75 Å². The van der Waals surface area contributed by atoms with Crippen LogP contribution in [0.2, 0.25) is 0 Å². The molecular formula is C17H18N2O4S. The van der Waals surface area contributed by atoms with Crippen molar-refractivity contribution in [3.05, 3.63) is 48.0 Å². The molecule has 0 radical (unpaired) electrons. The lowest BCUT2D eigenvalue weighted by Gasteiger charge is -2.21. The van der Waals surface area contributed by atoms with Crippen LogP contribution in [-0.2, 0) is 14.8 Å². The van der Waals surface area contributed by atoms with Crippen LogP contribution in [0.15, 0.2) is 47.4 Å². The van der Waals surface area contributed by atoms with Crippen molar-refractivity contribution < 1.29 is 17.9 Å². The molecule has 0 aromatic heterocycles. The van der Waals surface area contributed by atoms with Gasteiger partial charge in [0.2, 0.25) is 0 Å². The highest BCUT2D eigenvalue weighted by atomic mass is 32.2. The third-order valence-electron chi connectivity index (χ3n) is 3.75. The summed E-state index contributed by atoms with van der Waals surface area (Å²) in [5, 5.41) is 2.64. The van der Waals surface area contributed by atoms with Crippen LogP contribution in [0, 0.1) is 0 Å². The molecule has 3 rings (SSSR count). The zero-order chi connectivity index (χ0) is 17.3. The number of para-hydroxylation sites is 1. The quantitative estimate of drug-likeness (QED) is 0.891. The Morgan fingerprint density at radius 1 is 1.12 bits per heavy atom. The second-order valence-corrected chi connectivity index (χ2v) is 7.53. The molecule has 7 heteroatoms. The van der Waals surface area contributed by atoms with Gasteiger partial charge in [-0.2, -0.15) is 0 Å². The minimum Gasteiger partial charge on any atom is -0.481 e. The van der Waals surface area contributed by atoms with Crippen LogP contribution in [0.25, 0.3) is 0 Å². The minimum absolute atomic E-state index is 0.0835. The first-order chi connectivity index (χ1) is 11.4. The monoisotopic (exact) mass is 346 g/mol. The summed E-state index contributed by atoms with van der Waals surface area (Å²) in [5.41, 5.74) is 1.66. The number of sulfonamides is 1. The molecule has 2 aromatic rings. The summed E-state index contributed by atoms with van der Waals surface area (Å²) in [4.78, 5) is 11.7. The fraction of sp³-hybridized carbons (Fsp3) is 0.235. The summed E-state index contributed by atoms with van der Waals surface area (Å²) in [6, 6.07) is 11.6. The van der Waals surface area contributed by atoms with Crippen molar-refractivity contribution >= 4 is 27.3 Å². The van der Waals surface area contributed by atoms with Gasteiger partial charge in [-0.3, -0.25) is 9.52 Å². The maximum Gasteiger partial charge on any atom is 0.262 e. The molecule has 6 nitrogen and oxygen atoms in total. The average Bonchev–Trinajstić information content (AvgIpc) is 2.55. The normalized spacial score (nSPS) is 13.9. The van der Waals surface area contributed by atoms with E-state index >= 15 is 0 Å². The van der Waals surface area contributed by atoms with E-state index in [4.69, 9.17) is 4.74 Å². The number of fused-ring (bicyclic) bond motifs is 1. The first-order valence-electron chi connectivity index (χ1n) is 7.55. The third-order valence-corrected chi connectivity index (χ3v) is 5.13. The molecule has 1 heterocycles. The van der Waals surface area contributed by atoms with Crippen LogP contribution in [-0.4, -0.2) is 20.9 Å². The Kier molecular flexibility index (Phi) is 4.19. The number of hydrogen-bond acceptors (Lipinski definition) is 4. The van der Waals surface area contributed by atoms with E-state index in [-0.39, 0.29) is 23.1 Å². The van der Waals surface area contributed by atoms with E-state index < -0.39 is 10.0 Å². The third kappa shape index (κ3) is 3.21.